The SMILES string of the molecule is O=C(c1ccccc1)C1CCN(CC(O)COc2ccc(-c3ccccc3)cc2)CC1. The summed E-state index contributed by atoms with van der Waals surface area (Å²) in [4.78, 5) is 14.8. The summed E-state index contributed by atoms with van der Waals surface area (Å²) in [6.45, 7) is 2.47. The number of benzene rings is 3. The van der Waals surface area contributed by atoms with Gasteiger partial charge in [0.1, 0.15) is 18.5 Å². The zero-order chi connectivity index (χ0) is 21.5. The first-order chi connectivity index (χ1) is 15.2. The lowest BCUT2D eigenvalue weighted by molar-refractivity contribution is 0.0524. The minimum atomic E-state index is -0.560. The van der Waals surface area contributed by atoms with Crippen molar-refractivity contribution >= 4 is 5.78 Å². The highest BCUT2D eigenvalue weighted by atomic mass is 16.5. The van der Waals surface area contributed by atoms with E-state index in [-0.39, 0.29) is 18.3 Å². The maximum atomic E-state index is 12.6. The molecule has 0 aliphatic carbocycles. The number of hydrogen-bond donors (Lipinski definition) is 1. The fourth-order valence-electron chi connectivity index (χ4n) is 4.13. The van der Waals surface area contributed by atoms with Gasteiger partial charge in [-0.25, -0.2) is 0 Å². The summed E-state index contributed by atoms with van der Waals surface area (Å²) in [5.41, 5.74) is 3.11. The van der Waals surface area contributed by atoms with Gasteiger partial charge < -0.3 is 14.7 Å². The molecule has 31 heavy (non-hydrogen) atoms. The molecule has 0 radical (unpaired) electrons. The molecule has 3 aromatic rings. The first-order valence-corrected chi connectivity index (χ1v) is 11.0. The highest BCUT2D eigenvalue weighted by molar-refractivity contribution is 5.97. The number of aliphatic hydroxyl groups excluding tert-OH is 1. The number of piperidine rings is 1. The van der Waals surface area contributed by atoms with Crippen molar-refractivity contribution < 1.29 is 14.6 Å². The van der Waals surface area contributed by atoms with E-state index < -0.39 is 6.10 Å². The van der Waals surface area contributed by atoms with Gasteiger partial charge in [-0.2, -0.15) is 0 Å². The predicted molar refractivity (Wildman–Crippen MR) is 123 cm³/mol. The standard InChI is InChI=1S/C27H29NO3/c29-25(20-31-26-13-11-22(12-14-26)21-7-3-1-4-8-21)19-28-17-15-24(16-18-28)27(30)23-9-5-2-6-10-23/h1-14,24-25,29H,15-20H2. The number of β-amino-alcohol motifs (C(OH)–C–C–N with tert-alkyl or cyclic N) is 1. The molecule has 1 atom stereocenters. The van der Waals surface area contributed by atoms with Crippen molar-refractivity contribution in [3.63, 3.8) is 0 Å². The molecule has 1 N–H and O–H groups in total. The van der Waals surface area contributed by atoms with Crippen LogP contribution in [0.2, 0.25) is 0 Å². The lowest BCUT2D eigenvalue weighted by atomic mass is 9.89. The predicted octanol–water partition coefficient (Wildman–Crippen LogP) is 4.69. The molecule has 0 spiro atoms. The minimum Gasteiger partial charge on any atom is -0.491 e. The number of carbonyl (C=O) groups is 1. The van der Waals surface area contributed by atoms with Crippen molar-refractivity contribution in [2.75, 3.05) is 26.2 Å². The number of aliphatic hydroxyl groups is 1. The second-order valence-electron chi connectivity index (χ2n) is 8.16. The Bertz CT molecular complexity index is 949. The maximum Gasteiger partial charge on any atom is 0.166 e. The number of rotatable bonds is 8. The molecule has 4 heteroatoms. The molecule has 1 fully saturated rings. The van der Waals surface area contributed by atoms with Crippen LogP contribution in [0.4, 0.5) is 0 Å². The van der Waals surface area contributed by atoms with Gasteiger partial charge in [-0.3, -0.25) is 4.79 Å². The van der Waals surface area contributed by atoms with Gasteiger partial charge in [0.25, 0.3) is 0 Å². The summed E-state index contributed by atoms with van der Waals surface area (Å²) >= 11 is 0. The summed E-state index contributed by atoms with van der Waals surface area (Å²) < 4.78 is 5.79. The quantitative estimate of drug-likeness (QED) is 0.543. The molecule has 1 aliphatic heterocycles. The Hall–Kier alpha value is -2.95. The number of Topliss-reactive ketones (excluding diaryl/α,β-unsaturated/α-hetero) is 1. The van der Waals surface area contributed by atoms with Gasteiger partial charge in [-0.15, -0.1) is 0 Å². The van der Waals surface area contributed by atoms with Crippen LogP contribution in [0.3, 0.4) is 0 Å². The normalized spacial score (nSPS) is 16.0. The largest absolute Gasteiger partial charge is 0.491 e. The Labute approximate surface area is 184 Å². The van der Waals surface area contributed by atoms with Crippen molar-refractivity contribution in [2.24, 2.45) is 5.92 Å². The zero-order valence-corrected chi connectivity index (χ0v) is 17.7. The topological polar surface area (TPSA) is 49.8 Å². The van der Waals surface area contributed by atoms with E-state index >= 15 is 0 Å². The highest BCUT2D eigenvalue weighted by Crippen LogP contribution is 2.23. The number of hydrogen-bond acceptors (Lipinski definition) is 4. The molecule has 0 bridgehead atoms. The van der Waals surface area contributed by atoms with E-state index in [1.807, 2.05) is 72.8 Å². The van der Waals surface area contributed by atoms with Crippen LogP contribution >= 0.6 is 0 Å². The van der Waals surface area contributed by atoms with Crippen molar-refractivity contribution in [3.8, 4) is 16.9 Å². The van der Waals surface area contributed by atoms with Crippen LogP contribution in [-0.2, 0) is 0 Å². The van der Waals surface area contributed by atoms with Crippen LogP contribution in [0.25, 0.3) is 11.1 Å². The second kappa shape index (κ2) is 10.4. The zero-order valence-electron chi connectivity index (χ0n) is 17.7. The third-order valence-corrected chi connectivity index (χ3v) is 5.89. The third kappa shape index (κ3) is 5.81. The fourth-order valence-corrected chi connectivity index (χ4v) is 4.13. The van der Waals surface area contributed by atoms with E-state index in [1.165, 1.54) is 5.56 Å². The van der Waals surface area contributed by atoms with Gasteiger partial charge in [-0.1, -0.05) is 72.8 Å². The molecule has 1 aliphatic rings. The average molecular weight is 416 g/mol. The van der Waals surface area contributed by atoms with E-state index in [2.05, 4.69) is 17.0 Å². The lowest BCUT2D eigenvalue weighted by Gasteiger charge is -2.32. The van der Waals surface area contributed by atoms with Crippen LogP contribution in [0, 0.1) is 5.92 Å². The first-order valence-electron chi connectivity index (χ1n) is 11.0. The maximum absolute atomic E-state index is 12.6. The molecule has 160 valence electrons. The van der Waals surface area contributed by atoms with Crippen LogP contribution in [0.5, 0.6) is 5.75 Å². The number of nitrogens with zero attached hydrogens (tertiary/aromatic N) is 1. The average Bonchev–Trinajstić information content (AvgIpc) is 2.84. The second-order valence-corrected chi connectivity index (χ2v) is 8.16. The van der Waals surface area contributed by atoms with Crippen molar-refractivity contribution in [2.45, 2.75) is 18.9 Å². The summed E-state index contributed by atoms with van der Waals surface area (Å²) in [6, 6.07) is 27.7. The van der Waals surface area contributed by atoms with Gasteiger partial charge in [-0.05, 0) is 49.2 Å². The summed E-state index contributed by atoms with van der Waals surface area (Å²) in [5.74, 6) is 1.07. The molecule has 1 heterocycles. The van der Waals surface area contributed by atoms with Gasteiger partial charge in [0, 0.05) is 18.0 Å². The Morgan fingerprint density at radius 1 is 0.871 bits per heavy atom. The minimum absolute atomic E-state index is 0.0789. The highest BCUT2D eigenvalue weighted by Gasteiger charge is 2.26. The first kappa shape index (κ1) is 21.3. The Morgan fingerprint density at radius 2 is 1.45 bits per heavy atom. The molecule has 0 amide bonds. The molecule has 0 saturated carbocycles. The Morgan fingerprint density at radius 3 is 2.10 bits per heavy atom. The summed E-state index contributed by atoms with van der Waals surface area (Å²) in [7, 11) is 0. The van der Waals surface area contributed by atoms with E-state index in [9.17, 15) is 9.90 Å². The van der Waals surface area contributed by atoms with E-state index in [0.29, 0.717) is 6.54 Å². The van der Waals surface area contributed by atoms with Crippen molar-refractivity contribution in [1.29, 1.82) is 0 Å². The molecule has 0 aromatic heterocycles. The summed E-state index contributed by atoms with van der Waals surface area (Å²) in [5, 5.41) is 10.4. The molecule has 1 saturated heterocycles. The van der Waals surface area contributed by atoms with Crippen LogP contribution in [0.15, 0.2) is 84.9 Å². The molecule has 4 rings (SSSR count). The van der Waals surface area contributed by atoms with E-state index in [4.69, 9.17) is 4.74 Å². The van der Waals surface area contributed by atoms with E-state index in [1.54, 1.807) is 0 Å². The van der Waals surface area contributed by atoms with Crippen LogP contribution in [-0.4, -0.2) is 48.1 Å². The molecule has 4 nitrogen and oxygen atoms in total. The molecule has 1 unspecified atom stereocenters. The molecular weight excluding hydrogens is 386 g/mol. The number of ketones is 1. The number of likely N-dealkylation sites (tertiary alicyclic amines) is 1. The van der Waals surface area contributed by atoms with Crippen molar-refractivity contribution in [1.82, 2.24) is 4.90 Å². The van der Waals surface area contributed by atoms with E-state index in [0.717, 1.165) is 42.8 Å². The van der Waals surface area contributed by atoms with Gasteiger partial charge in [0.15, 0.2) is 5.78 Å². The Balaban J connectivity index is 1.20. The van der Waals surface area contributed by atoms with Gasteiger partial charge in [0.05, 0.1) is 0 Å². The Kier molecular flexibility index (Phi) is 7.13. The fraction of sp³-hybridized carbons (Fsp3) is 0.296. The smallest absolute Gasteiger partial charge is 0.166 e. The lowest BCUT2D eigenvalue weighted by Crippen LogP contribution is -2.42. The van der Waals surface area contributed by atoms with Gasteiger partial charge in [0.2, 0.25) is 0 Å². The summed E-state index contributed by atoms with van der Waals surface area (Å²) in [6.07, 6.45) is 1.11. The van der Waals surface area contributed by atoms with Crippen LogP contribution < -0.4 is 4.74 Å². The molecular formula is C27H29NO3. The van der Waals surface area contributed by atoms with Gasteiger partial charge >= 0.3 is 0 Å². The third-order valence-electron chi connectivity index (χ3n) is 5.89. The van der Waals surface area contributed by atoms with Crippen molar-refractivity contribution in [3.05, 3.63) is 90.5 Å². The monoisotopic (exact) mass is 415 g/mol. The van der Waals surface area contributed by atoms with Crippen LogP contribution in [0.1, 0.15) is 23.2 Å². The number of ether oxygens (including phenoxy) is 1. The molecule has 3 aromatic carbocycles. The number of carbonyl (C=O) groups excluding carboxylic acids is 1.